The molecule has 0 aromatic heterocycles. The van der Waals surface area contributed by atoms with Crippen molar-refractivity contribution in [3.8, 4) is 0 Å². The molecule has 1 rings (SSSR count). The number of nitrogens with one attached hydrogen (secondary N) is 3. The second-order valence-electron chi connectivity index (χ2n) is 4.36. The van der Waals surface area contributed by atoms with Gasteiger partial charge in [0.05, 0.1) is 5.25 Å². The molecule has 0 aliphatic carbocycles. The van der Waals surface area contributed by atoms with Crippen molar-refractivity contribution in [3.63, 3.8) is 0 Å². The first-order valence-corrected chi connectivity index (χ1v) is 7.37. The van der Waals surface area contributed by atoms with Crippen LogP contribution in [0.4, 0.5) is 5.69 Å². The number of hydrogen-bond acceptors (Lipinski definition) is 4. The molecule has 0 spiro atoms. The second kappa shape index (κ2) is 8.60. The maximum Gasteiger partial charge on any atom is 0.233 e. The molecule has 2 amide bonds. The van der Waals surface area contributed by atoms with Crippen molar-refractivity contribution in [1.29, 1.82) is 0 Å². The number of benzene rings is 1. The number of hydrogen-bond donors (Lipinski definition) is 3. The molecule has 6 heteroatoms. The van der Waals surface area contributed by atoms with Crippen molar-refractivity contribution in [2.45, 2.75) is 24.0 Å². The number of rotatable bonds is 7. The summed E-state index contributed by atoms with van der Waals surface area (Å²) in [7, 11) is 1.85. The van der Waals surface area contributed by atoms with E-state index in [1.807, 2.05) is 38.2 Å². The van der Waals surface area contributed by atoms with Gasteiger partial charge in [-0.15, -0.1) is 11.8 Å². The highest BCUT2D eigenvalue weighted by molar-refractivity contribution is 8.00. The normalized spacial score (nSPS) is 11.8. The van der Waals surface area contributed by atoms with E-state index >= 15 is 0 Å². The Bertz CT molecular complexity index is 448. The van der Waals surface area contributed by atoms with E-state index in [-0.39, 0.29) is 17.1 Å². The maximum atomic E-state index is 11.8. The van der Waals surface area contributed by atoms with Crippen molar-refractivity contribution in [1.82, 2.24) is 10.6 Å². The van der Waals surface area contributed by atoms with Crippen molar-refractivity contribution in [3.05, 3.63) is 24.3 Å². The van der Waals surface area contributed by atoms with E-state index in [0.29, 0.717) is 6.54 Å². The highest BCUT2D eigenvalue weighted by Gasteiger charge is 2.13. The number of carbonyl (C=O) groups is 2. The summed E-state index contributed by atoms with van der Waals surface area (Å²) in [6, 6.07) is 7.45. The van der Waals surface area contributed by atoms with E-state index in [1.165, 1.54) is 18.7 Å². The van der Waals surface area contributed by atoms with Crippen LogP contribution in [-0.2, 0) is 9.59 Å². The van der Waals surface area contributed by atoms with Crippen molar-refractivity contribution < 1.29 is 9.59 Å². The highest BCUT2D eigenvalue weighted by Crippen LogP contribution is 2.24. The lowest BCUT2D eigenvalue weighted by molar-refractivity contribution is -0.120. The SMILES string of the molecule is CNCCNC(=O)C(C)Sc1ccc(NC(C)=O)cc1. The van der Waals surface area contributed by atoms with Crippen molar-refractivity contribution >= 4 is 29.3 Å². The van der Waals surface area contributed by atoms with E-state index < -0.39 is 0 Å². The zero-order valence-electron chi connectivity index (χ0n) is 12.0. The van der Waals surface area contributed by atoms with Gasteiger partial charge >= 0.3 is 0 Å². The van der Waals surface area contributed by atoms with E-state index in [0.717, 1.165) is 17.1 Å². The Morgan fingerprint density at radius 1 is 1.20 bits per heavy atom. The summed E-state index contributed by atoms with van der Waals surface area (Å²) in [5.41, 5.74) is 0.757. The van der Waals surface area contributed by atoms with Crippen LogP contribution < -0.4 is 16.0 Å². The smallest absolute Gasteiger partial charge is 0.233 e. The summed E-state index contributed by atoms with van der Waals surface area (Å²) < 4.78 is 0. The van der Waals surface area contributed by atoms with Crippen LogP contribution in [0.5, 0.6) is 0 Å². The summed E-state index contributed by atoms with van der Waals surface area (Å²) in [6.45, 7) is 4.73. The number of likely N-dealkylation sites (N-methyl/N-ethyl adjacent to an activating group) is 1. The summed E-state index contributed by atoms with van der Waals surface area (Å²) >= 11 is 1.49. The zero-order valence-corrected chi connectivity index (χ0v) is 12.8. The average Bonchev–Trinajstić information content (AvgIpc) is 2.40. The number of carbonyl (C=O) groups excluding carboxylic acids is 2. The van der Waals surface area contributed by atoms with Crippen LogP contribution in [0.1, 0.15) is 13.8 Å². The van der Waals surface area contributed by atoms with E-state index in [2.05, 4.69) is 16.0 Å². The number of amides is 2. The standard InChI is InChI=1S/C14H21N3O2S/c1-10(14(19)16-9-8-15-3)20-13-6-4-12(5-7-13)17-11(2)18/h4-7,10,15H,8-9H2,1-3H3,(H,16,19)(H,17,18). The fourth-order valence-corrected chi connectivity index (χ4v) is 2.42. The first-order valence-electron chi connectivity index (χ1n) is 6.49. The molecule has 5 nitrogen and oxygen atoms in total. The lowest BCUT2D eigenvalue weighted by Gasteiger charge is -2.12. The van der Waals surface area contributed by atoms with Crippen LogP contribution in [-0.4, -0.2) is 37.2 Å². The first-order chi connectivity index (χ1) is 9.52. The third-order valence-corrected chi connectivity index (χ3v) is 3.64. The molecule has 1 aromatic rings. The molecule has 1 aromatic carbocycles. The molecule has 110 valence electrons. The molecule has 0 saturated carbocycles. The maximum absolute atomic E-state index is 11.8. The van der Waals surface area contributed by atoms with E-state index in [4.69, 9.17) is 0 Å². The van der Waals surface area contributed by atoms with Gasteiger partial charge in [0.2, 0.25) is 11.8 Å². The molecule has 0 aliphatic heterocycles. The van der Waals surface area contributed by atoms with Gasteiger partial charge in [-0.3, -0.25) is 9.59 Å². The minimum atomic E-state index is -0.154. The first kappa shape index (κ1) is 16.5. The summed E-state index contributed by atoms with van der Waals surface area (Å²) in [5, 5.41) is 8.39. The van der Waals surface area contributed by atoms with Crippen molar-refractivity contribution in [2.75, 3.05) is 25.5 Å². The van der Waals surface area contributed by atoms with Crippen LogP contribution in [0.3, 0.4) is 0 Å². The lowest BCUT2D eigenvalue weighted by atomic mass is 10.3. The van der Waals surface area contributed by atoms with Crippen LogP contribution in [0, 0.1) is 0 Å². The monoisotopic (exact) mass is 295 g/mol. The molecular weight excluding hydrogens is 274 g/mol. The molecule has 0 radical (unpaired) electrons. The Morgan fingerprint density at radius 3 is 2.40 bits per heavy atom. The Labute approximate surface area is 123 Å². The summed E-state index contributed by atoms with van der Waals surface area (Å²) in [5.74, 6) is -0.0705. The van der Waals surface area contributed by atoms with Crippen molar-refractivity contribution in [2.24, 2.45) is 0 Å². The van der Waals surface area contributed by atoms with Gasteiger partial charge in [-0.05, 0) is 38.2 Å². The predicted molar refractivity (Wildman–Crippen MR) is 83.0 cm³/mol. The van der Waals surface area contributed by atoms with Crippen LogP contribution in [0.2, 0.25) is 0 Å². The molecule has 0 fully saturated rings. The van der Waals surface area contributed by atoms with Crippen LogP contribution in [0.15, 0.2) is 29.2 Å². The van der Waals surface area contributed by atoms with Gasteiger partial charge in [0.25, 0.3) is 0 Å². The molecule has 0 bridgehead atoms. The highest BCUT2D eigenvalue weighted by atomic mass is 32.2. The predicted octanol–water partition coefficient (Wildman–Crippen LogP) is 1.46. The molecule has 0 aliphatic rings. The summed E-state index contributed by atoms with van der Waals surface area (Å²) in [6.07, 6.45) is 0. The number of anilines is 1. The van der Waals surface area contributed by atoms with Gasteiger partial charge in [0.1, 0.15) is 0 Å². The lowest BCUT2D eigenvalue weighted by Crippen LogP contribution is -2.35. The Hall–Kier alpha value is -1.53. The van der Waals surface area contributed by atoms with Crippen LogP contribution in [0.25, 0.3) is 0 Å². The molecule has 0 heterocycles. The largest absolute Gasteiger partial charge is 0.354 e. The molecule has 1 unspecified atom stereocenters. The molecule has 0 saturated heterocycles. The third-order valence-electron chi connectivity index (χ3n) is 2.53. The molecule has 1 atom stereocenters. The minimum Gasteiger partial charge on any atom is -0.354 e. The Balaban J connectivity index is 2.47. The molecule has 3 N–H and O–H groups in total. The van der Waals surface area contributed by atoms with Gasteiger partial charge in [0.15, 0.2) is 0 Å². The molecule has 20 heavy (non-hydrogen) atoms. The fraction of sp³-hybridized carbons (Fsp3) is 0.429. The molecular formula is C14H21N3O2S. The van der Waals surface area contributed by atoms with Gasteiger partial charge < -0.3 is 16.0 Å². The quantitative estimate of drug-likeness (QED) is 0.526. The summed E-state index contributed by atoms with van der Waals surface area (Å²) in [4.78, 5) is 23.7. The van der Waals surface area contributed by atoms with Gasteiger partial charge in [-0.25, -0.2) is 0 Å². The Kier molecular flexibility index (Phi) is 7.11. The van der Waals surface area contributed by atoms with E-state index in [9.17, 15) is 9.59 Å². The fourth-order valence-electron chi connectivity index (χ4n) is 1.53. The van der Waals surface area contributed by atoms with Gasteiger partial charge in [-0.2, -0.15) is 0 Å². The third kappa shape index (κ3) is 6.08. The van der Waals surface area contributed by atoms with Gasteiger partial charge in [-0.1, -0.05) is 0 Å². The second-order valence-corrected chi connectivity index (χ2v) is 5.77. The van der Waals surface area contributed by atoms with Crippen LogP contribution >= 0.6 is 11.8 Å². The Morgan fingerprint density at radius 2 is 1.85 bits per heavy atom. The van der Waals surface area contributed by atoms with E-state index in [1.54, 1.807) is 0 Å². The topological polar surface area (TPSA) is 70.2 Å². The van der Waals surface area contributed by atoms with Gasteiger partial charge in [0, 0.05) is 30.6 Å². The zero-order chi connectivity index (χ0) is 15.0. The average molecular weight is 295 g/mol. The minimum absolute atomic E-state index is 0.0242. The number of thioether (sulfide) groups is 1.